The van der Waals surface area contributed by atoms with Crippen LogP contribution >= 0.6 is 0 Å². The molecule has 4 fully saturated rings. The summed E-state index contributed by atoms with van der Waals surface area (Å²) in [6.45, 7) is 1.46. The summed E-state index contributed by atoms with van der Waals surface area (Å²) >= 11 is 0. The van der Waals surface area contributed by atoms with Gasteiger partial charge in [-0.15, -0.1) is 0 Å². The number of nitrogens with zero attached hydrogens (tertiary/aromatic N) is 4. The average Bonchev–Trinajstić information content (AvgIpc) is 3.58. The van der Waals surface area contributed by atoms with Crippen LogP contribution in [0.1, 0.15) is 50.6 Å². The molecule has 2 bridgehead atoms. The molecule has 4 heterocycles. The van der Waals surface area contributed by atoms with Crippen molar-refractivity contribution in [3.05, 3.63) is 18.1 Å². The third-order valence-electron chi connectivity index (χ3n) is 8.82. The summed E-state index contributed by atoms with van der Waals surface area (Å²) < 4.78 is 91.7. The minimum Gasteiger partial charge on any atom is -0.379 e. The molecule has 3 aliphatic heterocycles. The Morgan fingerprint density at radius 3 is 2.61 bits per heavy atom. The van der Waals surface area contributed by atoms with E-state index in [1.54, 1.807) is 16.9 Å². The van der Waals surface area contributed by atoms with E-state index >= 15 is 0 Å². The molecule has 0 unspecified atom stereocenters. The predicted octanol–water partition coefficient (Wildman–Crippen LogP) is 4.47. The van der Waals surface area contributed by atoms with Crippen LogP contribution in [0.5, 0.6) is 0 Å². The second kappa shape index (κ2) is 10.1. The molecule has 1 aliphatic carbocycles. The van der Waals surface area contributed by atoms with Crippen LogP contribution in [-0.4, -0.2) is 78.6 Å². The zero-order valence-electron chi connectivity index (χ0n) is 21.1. The Morgan fingerprint density at radius 2 is 1.95 bits per heavy atom. The zero-order chi connectivity index (χ0) is 27.3. The van der Waals surface area contributed by atoms with E-state index in [1.807, 2.05) is 0 Å². The van der Waals surface area contributed by atoms with Gasteiger partial charge in [0.1, 0.15) is 17.8 Å². The quantitative estimate of drug-likeness (QED) is 0.488. The smallest absolute Gasteiger partial charge is 0.379 e. The molecule has 1 amide bonds. The van der Waals surface area contributed by atoms with E-state index < -0.39 is 35.8 Å². The highest BCUT2D eigenvalue weighted by Crippen LogP contribution is 2.53. The van der Waals surface area contributed by atoms with E-state index in [-0.39, 0.29) is 61.8 Å². The molecule has 1 saturated carbocycles. The maximum Gasteiger partial charge on any atom is 0.433 e. The molecular formula is C25H32F6N4O3. The van der Waals surface area contributed by atoms with Gasteiger partial charge in [0, 0.05) is 32.9 Å². The van der Waals surface area contributed by atoms with Crippen LogP contribution in [-0.2, 0) is 20.4 Å². The third kappa shape index (κ3) is 5.45. The van der Waals surface area contributed by atoms with Gasteiger partial charge in [0.25, 0.3) is 0 Å². The lowest BCUT2D eigenvalue weighted by Crippen LogP contribution is -2.54. The number of carbonyl (C=O) groups is 1. The third-order valence-corrected chi connectivity index (χ3v) is 8.82. The molecule has 0 aromatic carbocycles. The fourth-order valence-electron chi connectivity index (χ4n) is 7.13. The molecule has 1 aromatic heterocycles. The van der Waals surface area contributed by atoms with Crippen LogP contribution in [0, 0.1) is 17.3 Å². The molecular weight excluding hydrogens is 518 g/mol. The Labute approximate surface area is 216 Å². The van der Waals surface area contributed by atoms with Crippen LogP contribution in [0.4, 0.5) is 32.2 Å². The van der Waals surface area contributed by atoms with E-state index in [9.17, 15) is 31.1 Å². The highest BCUT2D eigenvalue weighted by molar-refractivity contribution is 5.84. The summed E-state index contributed by atoms with van der Waals surface area (Å²) in [6, 6.07) is 0.211. The number of fused-ring (bicyclic) bond motifs is 2. The molecule has 3 saturated heterocycles. The van der Waals surface area contributed by atoms with Gasteiger partial charge in [-0.2, -0.15) is 26.3 Å². The molecule has 0 N–H and O–H groups in total. The summed E-state index contributed by atoms with van der Waals surface area (Å²) in [5.74, 6) is -0.193. The number of hydrogen-bond acceptors (Lipinski definition) is 6. The van der Waals surface area contributed by atoms with E-state index in [0.29, 0.717) is 32.5 Å². The Bertz CT molecular complexity index is 1020. The molecule has 0 spiro atoms. The normalized spacial score (nSPS) is 33.8. The highest BCUT2D eigenvalue weighted by atomic mass is 19.4. The second-order valence-corrected chi connectivity index (χ2v) is 11.2. The summed E-state index contributed by atoms with van der Waals surface area (Å²) in [5, 5.41) is 0. The monoisotopic (exact) mass is 550 g/mol. The number of piperazine rings is 1. The summed E-state index contributed by atoms with van der Waals surface area (Å²) in [5.41, 5.74) is -2.57. The van der Waals surface area contributed by atoms with Gasteiger partial charge in [0.15, 0.2) is 0 Å². The molecule has 212 valence electrons. The van der Waals surface area contributed by atoms with Crippen molar-refractivity contribution >= 4 is 11.7 Å². The molecule has 6 atom stereocenters. The van der Waals surface area contributed by atoms with Gasteiger partial charge < -0.3 is 19.3 Å². The largest absolute Gasteiger partial charge is 0.433 e. The Hall–Kier alpha value is -2.15. The molecule has 7 nitrogen and oxygen atoms in total. The van der Waals surface area contributed by atoms with Gasteiger partial charge in [0.2, 0.25) is 5.91 Å². The van der Waals surface area contributed by atoms with Crippen LogP contribution in [0.2, 0.25) is 0 Å². The van der Waals surface area contributed by atoms with Crippen molar-refractivity contribution in [2.75, 3.05) is 38.3 Å². The summed E-state index contributed by atoms with van der Waals surface area (Å²) in [4.78, 5) is 24.3. The molecule has 13 heteroatoms. The van der Waals surface area contributed by atoms with Crippen LogP contribution in [0.25, 0.3) is 0 Å². The number of likely N-dealkylation sites (tertiary alicyclic amines) is 1. The molecule has 38 heavy (non-hydrogen) atoms. The second-order valence-electron chi connectivity index (χ2n) is 11.2. The molecule has 4 aliphatic rings. The first-order chi connectivity index (χ1) is 17.9. The minimum absolute atomic E-state index is 0.0138. The maximum atomic E-state index is 13.8. The van der Waals surface area contributed by atoms with Crippen molar-refractivity contribution < 1.29 is 40.6 Å². The number of rotatable bonds is 6. The lowest BCUT2D eigenvalue weighted by Gasteiger charge is -2.40. The lowest BCUT2D eigenvalue weighted by atomic mass is 9.78. The SMILES string of the molecule is CO[C@@H]1COCC[C@@H]1C[C@H]1CC[C@](CC(F)(F)F)(C(=O)N2C[C@@H]3C[C@H]2CN3c2cc(C(F)(F)F)ncn2)C1. The van der Waals surface area contributed by atoms with E-state index in [0.717, 1.165) is 18.8 Å². The zero-order valence-corrected chi connectivity index (χ0v) is 21.1. The number of amides is 1. The lowest BCUT2D eigenvalue weighted by molar-refractivity contribution is -0.175. The molecule has 1 aromatic rings. The van der Waals surface area contributed by atoms with Crippen molar-refractivity contribution in [2.45, 2.75) is 75.5 Å². The number of alkyl halides is 6. The van der Waals surface area contributed by atoms with Crippen molar-refractivity contribution in [3.8, 4) is 0 Å². The van der Waals surface area contributed by atoms with Crippen molar-refractivity contribution in [1.82, 2.24) is 14.9 Å². The van der Waals surface area contributed by atoms with E-state index in [2.05, 4.69) is 9.97 Å². The first kappa shape index (κ1) is 27.4. The average molecular weight is 551 g/mol. The highest BCUT2D eigenvalue weighted by Gasteiger charge is 2.57. The minimum atomic E-state index is -4.62. The Balaban J connectivity index is 1.29. The van der Waals surface area contributed by atoms with E-state index in [1.165, 1.54) is 0 Å². The summed E-state index contributed by atoms with van der Waals surface area (Å²) in [6.07, 6.45) is -6.64. The summed E-state index contributed by atoms with van der Waals surface area (Å²) in [7, 11) is 1.61. The Kier molecular flexibility index (Phi) is 7.29. The first-order valence-corrected chi connectivity index (χ1v) is 13.0. The number of methoxy groups -OCH3 is 1. The van der Waals surface area contributed by atoms with Crippen molar-refractivity contribution in [1.29, 1.82) is 0 Å². The topological polar surface area (TPSA) is 67.8 Å². The number of ether oxygens (including phenoxy) is 2. The number of halogens is 6. The van der Waals surface area contributed by atoms with Crippen LogP contribution in [0.3, 0.4) is 0 Å². The van der Waals surface area contributed by atoms with Gasteiger partial charge in [-0.1, -0.05) is 0 Å². The molecule has 5 rings (SSSR count). The van der Waals surface area contributed by atoms with Gasteiger partial charge >= 0.3 is 12.4 Å². The molecule has 0 radical (unpaired) electrons. The fourth-order valence-corrected chi connectivity index (χ4v) is 7.13. The first-order valence-electron chi connectivity index (χ1n) is 13.0. The maximum absolute atomic E-state index is 13.8. The number of aromatic nitrogens is 2. The van der Waals surface area contributed by atoms with Gasteiger partial charge in [-0.25, -0.2) is 9.97 Å². The van der Waals surface area contributed by atoms with Crippen molar-refractivity contribution in [2.24, 2.45) is 17.3 Å². The Morgan fingerprint density at radius 1 is 1.16 bits per heavy atom. The predicted molar refractivity (Wildman–Crippen MR) is 123 cm³/mol. The standard InChI is InChI=1S/C25H32F6N4O3/c1-37-19-12-38-5-3-16(19)6-15-2-4-23(9-15,13-24(26,27)28)22(36)35-11-17-7-18(35)10-34(17)21-8-20(25(29,30)31)32-14-33-21/h8,14-19H,2-7,9-13H2,1H3/t15-,16-,17+,18+,19-,23+/m1/s1. The van der Waals surface area contributed by atoms with E-state index in [4.69, 9.17) is 9.47 Å². The van der Waals surface area contributed by atoms with Crippen LogP contribution < -0.4 is 4.90 Å². The fraction of sp³-hybridized carbons (Fsp3) is 0.800. The van der Waals surface area contributed by atoms with Crippen LogP contribution in [0.15, 0.2) is 12.4 Å². The van der Waals surface area contributed by atoms with Gasteiger partial charge in [-0.3, -0.25) is 4.79 Å². The van der Waals surface area contributed by atoms with Gasteiger partial charge in [-0.05, 0) is 50.4 Å². The number of carbonyl (C=O) groups excluding carboxylic acids is 1. The number of anilines is 1. The van der Waals surface area contributed by atoms with Gasteiger partial charge in [0.05, 0.1) is 36.6 Å². The van der Waals surface area contributed by atoms with Crippen molar-refractivity contribution in [3.63, 3.8) is 0 Å². The number of hydrogen-bond donors (Lipinski definition) is 0.